The minimum absolute atomic E-state index is 0.286. The molecule has 0 saturated carbocycles. The van der Waals surface area contributed by atoms with Crippen LogP contribution in [0.5, 0.6) is 5.75 Å². The number of amides is 1. The SMILES string of the molecule is [NH]C(=O)c1c(O)cc(CCc2ccc(C(F)(F)F)cc2)c2ncnn12. The first-order valence-electron chi connectivity index (χ1n) is 7.24. The molecule has 0 aliphatic heterocycles. The van der Waals surface area contributed by atoms with Crippen molar-refractivity contribution < 1.29 is 23.1 Å². The first-order chi connectivity index (χ1) is 11.8. The molecule has 1 amide bonds. The maximum Gasteiger partial charge on any atom is 0.416 e. The molecule has 0 unspecified atom stereocenters. The van der Waals surface area contributed by atoms with E-state index in [1.807, 2.05) is 0 Å². The summed E-state index contributed by atoms with van der Waals surface area (Å²) in [7, 11) is 0. The van der Waals surface area contributed by atoms with Gasteiger partial charge < -0.3 is 5.11 Å². The molecule has 0 atom stereocenters. The maximum atomic E-state index is 12.6. The van der Waals surface area contributed by atoms with Crippen molar-refractivity contribution >= 4 is 11.6 Å². The number of aryl methyl sites for hydroxylation is 2. The number of hydrogen-bond donors (Lipinski definition) is 1. The van der Waals surface area contributed by atoms with Gasteiger partial charge in [0.25, 0.3) is 5.91 Å². The van der Waals surface area contributed by atoms with E-state index < -0.39 is 17.6 Å². The number of pyridine rings is 1. The third kappa shape index (κ3) is 3.25. The van der Waals surface area contributed by atoms with Crippen LogP contribution in [0.2, 0.25) is 0 Å². The molecule has 2 N–H and O–H groups in total. The van der Waals surface area contributed by atoms with Crippen molar-refractivity contribution in [2.75, 3.05) is 0 Å². The molecule has 3 rings (SSSR count). The van der Waals surface area contributed by atoms with E-state index in [4.69, 9.17) is 5.73 Å². The monoisotopic (exact) mass is 349 g/mol. The molecule has 0 saturated heterocycles. The van der Waals surface area contributed by atoms with Crippen molar-refractivity contribution in [3.8, 4) is 5.75 Å². The molecule has 0 spiro atoms. The van der Waals surface area contributed by atoms with Crippen LogP contribution in [0.25, 0.3) is 5.65 Å². The number of nitrogens with zero attached hydrogens (tertiary/aromatic N) is 3. The van der Waals surface area contributed by atoms with Crippen LogP contribution >= 0.6 is 0 Å². The van der Waals surface area contributed by atoms with Gasteiger partial charge in [0.2, 0.25) is 0 Å². The van der Waals surface area contributed by atoms with Crippen molar-refractivity contribution in [1.82, 2.24) is 20.3 Å². The van der Waals surface area contributed by atoms with Gasteiger partial charge in [-0.2, -0.15) is 18.3 Å². The minimum atomic E-state index is -4.38. The summed E-state index contributed by atoms with van der Waals surface area (Å²) in [6, 6.07) is 6.15. The number of nitrogens with one attached hydrogen (secondary N) is 1. The van der Waals surface area contributed by atoms with Gasteiger partial charge in [-0.25, -0.2) is 9.50 Å². The molecule has 1 radical (unpaired) electrons. The number of carbonyl (C=O) groups excluding carboxylic acids is 1. The average Bonchev–Trinajstić information content (AvgIpc) is 3.00. The molecule has 2 heterocycles. The average molecular weight is 349 g/mol. The predicted octanol–water partition coefficient (Wildman–Crippen LogP) is 2.66. The van der Waals surface area contributed by atoms with E-state index in [0.29, 0.717) is 29.6 Å². The second-order valence-corrected chi connectivity index (χ2v) is 5.42. The van der Waals surface area contributed by atoms with Crippen LogP contribution in [0, 0.1) is 0 Å². The van der Waals surface area contributed by atoms with Crippen LogP contribution in [0.3, 0.4) is 0 Å². The Morgan fingerprint density at radius 1 is 1.20 bits per heavy atom. The Kier molecular flexibility index (Phi) is 4.07. The van der Waals surface area contributed by atoms with Gasteiger partial charge in [0.1, 0.15) is 12.1 Å². The summed E-state index contributed by atoms with van der Waals surface area (Å²) >= 11 is 0. The summed E-state index contributed by atoms with van der Waals surface area (Å²) < 4.78 is 38.8. The third-order valence-corrected chi connectivity index (χ3v) is 3.78. The topological polar surface area (TPSA) is 91.3 Å². The second kappa shape index (κ2) is 6.08. The number of alkyl halides is 3. The zero-order chi connectivity index (χ0) is 18.2. The Hall–Kier alpha value is -3.10. The number of hydrogen-bond acceptors (Lipinski definition) is 4. The van der Waals surface area contributed by atoms with Crippen molar-refractivity contribution in [3.05, 3.63) is 59.0 Å². The summed E-state index contributed by atoms with van der Waals surface area (Å²) in [5, 5.41) is 13.8. The van der Waals surface area contributed by atoms with Crippen molar-refractivity contribution in [2.45, 2.75) is 19.0 Å². The first kappa shape index (κ1) is 16.7. The zero-order valence-corrected chi connectivity index (χ0v) is 12.7. The van der Waals surface area contributed by atoms with E-state index in [9.17, 15) is 23.1 Å². The fourth-order valence-corrected chi connectivity index (χ4v) is 2.57. The lowest BCUT2D eigenvalue weighted by Gasteiger charge is -2.09. The summed E-state index contributed by atoms with van der Waals surface area (Å²) in [6.45, 7) is 0. The Balaban J connectivity index is 1.86. The summed E-state index contributed by atoms with van der Waals surface area (Å²) in [5.74, 6) is -1.48. The highest BCUT2D eigenvalue weighted by atomic mass is 19.4. The molecule has 1 aromatic carbocycles. The lowest BCUT2D eigenvalue weighted by Crippen LogP contribution is -2.10. The highest BCUT2D eigenvalue weighted by Gasteiger charge is 2.29. The first-order valence-corrected chi connectivity index (χ1v) is 7.24. The van der Waals surface area contributed by atoms with Crippen molar-refractivity contribution in [3.63, 3.8) is 0 Å². The number of halogens is 3. The fraction of sp³-hybridized carbons (Fsp3) is 0.188. The van der Waals surface area contributed by atoms with Crippen molar-refractivity contribution in [1.29, 1.82) is 0 Å². The molecule has 0 aliphatic carbocycles. The standard InChI is InChI=1S/C16H12F3N4O2/c17-16(18,19)11-5-2-9(3-6-11)1-4-10-7-12(24)13(14(20)25)23-15(10)21-8-22-23/h2-3,5-8,20,24H,1,4H2. The van der Waals surface area contributed by atoms with Gasteiger partial charge >= 0.3 is 6.18 Å². The predicted molar refractivity (Wildman–Crippen MR) is 80.9 cm³/mol. The van der Waals surface area contributed by atoms with E-state index in [0.717, 1.165) is 16.6 Å². The van der Waals surface area contributed by atoms with Gasteiger partial charge in [0, 0.05) is 5.56 Å². The zero-order valence-electron chi connectivity index (χ0n) is 12.7. The van der Waals surface area contributed by atoms with Crippen LogP contribution in [-0.4, -0.2) is 25.6 Å². The molecule has 25 heavy (non-hydrogen) atoms. The van der Waals surface area contributed by atoms with Gasteiger partial charge in [-0.1, -0.05) is 12.1 Å². The number of aromatic nitrogens is 3. The summed E-state index contributed by atoms with van der Waals surface area (Å²) in [6.07, 6.45) is -2.40. The molecule has 2 aromatic heterocycles. The highest BCUT2D eigenvalue weighted by molar-refractivity contribution is 5.94. The van der Waals surface area contributed by atoms with Gasteiger partial charge in [-0.3, -0.25) is 10.5 Å². The van der Waals surface area contributed by atoms with E-state index in [-0.39, 0.29) is 11.4 Å². The number of benzene rings is 1. The normalized spacial score (nSPS) is 11.8. The van der Waals surface area contributed by atoms with Crippen LogP contribution in [0.4, 0.5) is 13.2 Å². The Labute approximate surface area is 139 Å². The largest absolute Gasteiger partial charge is 0.505 e. The molecule has 0 bridgehead atoms. The third-order valence-electron chi connectivity index (χ3n) is 3.78. The van der Waals surface area contributed by atoms with E-state index in [2.05, 4.69) is 10.1 Å². The smallest absolute Gasteiger partial charge is 0.416 e. The molecule has 6 nitrogen and oxygen atoms in total. The lowest BCUT2D eigenvalue weighted by molar-refractivity contribution is -0.137. The molecular formula is C16H12F3N4O2. The molecule has 9 heteroatoms. The molecular weight excluding hydrogens is 337 g/mol. The van der Waals surface area contributed by atoms with Gasteiger partial charge in [-0.05, 0) is 36.6 Å². The lowest BCUT2D eigenvalue weighted by atomic mass is 10.0. The number of carbonyl (C=O) groups is 1. The quantitative estimate of drug-likeness (QED) is 0.784. The van der Waals surface area contributed by atoms with E-state index in [1.165, 1.54) is 24.5 Å². The van der Waals surface area contributed by atoms with Crippen molar-refractivity contribution in [2.24, 2.45) is 0 Å². The van der Waals surface area contributed by atoms with Gasteiger partial charge in [0.05, 0.1) is 5.56 Å². The maximum absolute atomic E-state index is 12.6. The van der Waals surface area contributed by atoms with Crippen LogP contribution in [0.1, 0.15) is 27.2 Å². The number of rotatable bonds is 4. The molecule has 0 fully saturated rings. The van der Waals surface area contributed by atoms with Crippen LogP contribution < -0.4 is 5.73 Å². The Morgan fingerprint density at radius 2 is 1.88 bits per heavy atom. The summed E-state index contributed by atoms with van der Waals surface area (Å²) in [4.78, 5) is 15.3. The van der Waals surface area contributed by atoms with Crippen LogP contribution in [-0.2, 0) is 19.0 Å². The van der Waals surface area contributed by atoms with E-state index >= 15 is 0 Å². The number of aromatic hydroxyl groups is 1. The summed E-state index contributed by atoms with van der Waals surface area (Å²) in [5.41, 5.74) is 7.75. The van der Waals surface area contributed by atoms with Gasteiger partial charge in [-0.15, -0.1) is 0 Å². The highest BCUT2D eigenvalue weighted by Crippen LogP contribution is 2.29. The number of fused-ring (bicyclic) bond motifs is 1. The van der Waals surface area contributed by atoms with Crippen LogP contribution in [0.15, 0.2) is 36.7 Å². The molecule has 3 aromatic rings. The van der Waals surface area contributed by atoms with Gasteiger partial charge in [0.15, 0.2) is 11.3 Å². The molecule has 0 aliphatic rings. The molecule has 129 valence electrons. The minimum Gasteiger partial charge on any atom is -0.505 e. The van der Waals surface area contributed by atoms with E-state index in [1.54, 1.807) is 0 Å². The Morgan fingerprint density at radius 3 is 2.48 bits per heavy atom. The Bertz CT molecular complexity index is 933. The second-order valence-electron chi connectivity index (χ2n) is 5.42. The fourth-order valence-electron chi connectivity index (χ4n) is 2.57.